The third kappa shape index (κ3) is 2.50. The molecule has 0 radical (unpaired) electrons. The first-order valence-electron chi connectivity index (χ1n) is 6.55. The molecule has 3 rings (SSSR count). The highest BCUT2D eigenvalue weighted by Gasteiger charge is 2.27. The first-order chi connectivity index (χ1) is 9.25. The summed E-state index contributed by atoms with van der Waals surface area (Å²) in [6.45, 7) is 3.10. The first kappa shape index (κ1) is 12.6. The van der Waals surface area contributed by atoms with Crippen LogP contribution in [0.1, 0.15) is 30.1 Å². The quantitative estimate of drug-likeness (QED) is 0.841. The van der Waals surface area contributed by atoms with Crippen molar-refractivity contribution in [3.8, 4) is 0 Å². The molecule has 2 aromatic rings. The highest BCUT2D eigenvalue weighted by Crippen LogP contribution is 2.35. The second kappa shape index (κ2) is 5.29. The highest BCUT2D eigenvalue weighted by atomic mass is 79.9. The van der Waals surface area contributed by atoms with E-state index in [0.717, 1.165) is 22.5 Å². The zero-order valence-corrected chi connectivity index (χ0v) is 12.5. The van der Waals surface area contributed by atoms with Gasteiger partial charge in [-0.3, -0.25) is 4.98 Å². The number of aromatic nitrogens is 2. The van der Waals surface area contributed by atoms with Crippen LogP contribution in [0.3, 0.4) is 0 Å². The van der Waals surface area contributed by atoms with Crippen molar-refractivity contribution < 1.29 is 0 Å². The zero-order chi connectivity index (χ0) is 13.2. The van der Waals surface area contributed by atoms with Crippen molar-refractivity contribution in [2.24, 2.45) is 0 Å². The van der Waals surface area contributed by atoms with Crippen molar-refractivity contribution in [2.75, 3.05) is 11.4 Å². The Bertz CT molecular complexity index is 571. The van der Waals surface area contributed by atoms with Crippen LogP contribution in [0, 0.1) is 6.92 Å². The minimum absolute atomic E-state index is 0.427. The number of rotatable bonds is 2. The molecule has 1 saturated heterocycles. The fraction of sp³-hybridized carbons (Fsp3) is 0.333. The van der Waals surface area contributed by atoms with Crippen molar-refractivity contribution in [1.82, 2.24) is 9.97 Å². The molecule has 0 N–H and O–H groups in total. The van der Waals surface area contributed by atoms with Crippen LogP contribution >= 0.6 is 15.9 Å². The number of nitrogens with zero attached hydrogens (tertiary/aromatic N) is 3. The second-order valence-corrected chi connectivity index (χ2v) is 5.72. The maximum atomic E-state index is 4.69. The monoisotopic (exact) mass is 317 g/mol. The van der Waals surface area contributed by atoms with Gasteiger partial charge in [-0.05, 0) is 65.5 Å². The van der Waals surface area contributed by atoms with E-state index >= 15 is 0 Å². The predicted molar refractivity (Wildman–Crippen MR) is 80.2 cm³/mol. The van der Waals surface area contributed by atoms with E-state index in [0.29, 0.717) is 6.04 Å². The van der Waals surface area contributed by atoms with E-state index in [1.807, 2.05) is 19.3 Å². The van der Waals surface area contributed by atoms with Gasteiger partial charge in [-0.1, -0.05) is 0 Å². The molecule has 3 heterocycles. The van der Waals surface area contributed by atoms with Gasteiger partial charge in [-0.2, -0.15) is 0 Å². The first-order valence-corrected chi connectivity index (χ1v) is 7.35. The average molecular weight is 318 g/mol. The van der Waals surface area contributed by atoms with Crippen LogP contribution in [-0.4, -0.2) is 16.5 Å². The smallest absolute Gasteiger partial charge is 0.129 e. The van der Waals surface area contributed by atoms with E-state index in [1.165, 1.54) is 18.4 Å². The molecule has 0 spiro atoms. The summed E-state index contributed by atoms with van der Waals surface area (Å²) in [5.41, 5.74) is 2.37. The molecule has 1 unspecified atom stereocenters. The van der Waals surface area contributed by atoms with Gasteiger partial charge >= 0.3 is 0 Å². The largest absolute Gasteiger partial charge is 0.350 e. The minimum atomic E-state index is 0.427. The summed E-state index contributed by atoms with van der Waals surface area (Å²) in [5, 5.41) is 0. The Hall–Kier alpha value is -1.42. The molecular formula is C15H16BrN3. The van der Waals surface area contributed by atoms with Crippen LogP contribution in [0.2, 0.25) is 0 Å². The molecular weight excluding hydrogens is 302 g/mol. The fourth-order valence-electron chi connectivity index (χ4n) is 2.66. The normalized spacial score (nSPS) is 18.8. The molecule has 19 heavy (non-hydrogen) atoms. The Kier molecular flexibility index (Phi) is 3.51. The molecule has 0 bridgehead atoms. The summed E-state index contributed by atoms with van der Waals surface area (Å²) in [6, 6.07) is 8.82. The molecule has 1 atom stereocenters. The summed E-state index contributed by atoms with van der Waals surface area (Å²) in [5.74, 6) is 1.07. The summed E-state index contributed by atoms with van der Waals surface area (Å²) in [4.78, 5) is 11.2. The highest BCUT2D eigenvalue weighted by molar-refractivity contribution is 9.10. The third-order valence-corrected chi connectivity index (χ3v) is 4.48. The van der Waals surface area contributed by atoms with E-state index in [2.05, 4.69) is 50.1 Å². The number of halogens is 1. The topological polar surface area (TPSA) is 29.0 Å². The van der Waals surface area contributed by atoms with Crippen molar-refractivity contribution in [3.05, 3.63) is 52.4 Å². The average Bonchev–Trinajstić information content (AvgIpc) is 2.92. The summed E-state index contributed by atoms with van der Waals surface area (Å²) >= 11 is 3.51. The van der Waals surface area contributed by atoms with Gasteiger partial charge in [0.2, 0.25) is 0 Å². The summed E-state index contributed by atoms with van der Waals surface area (Å²) < 4.78 is 1.07. The van der Waals surface area contributed by atoms with Crippen molar-refractivity contribution in [3.63, 3.8) is 0 Å². The lowest BCUT2D eigenvalue weighted by molar-refractivity contribution is 0.709. The van der Waals surface area contributed by atoms with Crippen LogP contribution in [0.4, 0.5) is 5.82 Å². The fourth-order valence-corrected chi connectivity index (χ4v) is 2.88. The van der Waals surface area contributed by atoms with Crippen LogP contribution in [0.15, 0.2) is 41.1 Å². The SMILES string of the molecule is Cc1nc(N2CCCC2c2ccncc2)ccc1Br. The standard InChI is InChI=1S/C15H16BrN3/c1-11-13(16)4-5-15(18-11)19-10-2-3-14(19)12-6-8-17-9-7-12/h4-9,14H,2-3,10H2,1H3. The lowest BCUT2D eigenvalue weighted by Crippen LogP contribution is -2.23. The minimum Gasteiger partial charge on any atom is -0.350 e. The second-order valence-electron chi connectivity index (χ2n) is 4.87. The van der Waals surface area contributed by atoms with Gasteiger partial charge in [-0.15, -0.1) is 0 Å². The van der Waals surface area contributed by atoms with Gasteiger partial charge in [0.1, 0.15) is 5.82 Å². The van der Waals surface area contributed by atoms with Gasteiger partial charge in [-0.25, -0.2) is 4.98 Å². The van der Waals surface area contributed by atoms with E-state index in [9.17, 15) is 0 Å². The van der Waals surface area contributed by atoms with Crippen LogP contribution in [-0.2, 0) is 0 Å². The van der Waals surface area contributed by atoms with Crippen molar-refractivity contribution in [2.45, 2.75) is 25.8 Å². The number of hydrogen-bond donors (Lipinski definition) is 0. The lowest BCUT2D eigenvalue weighted by Gasteiger charge is -2.26. The van der Waals surface area contributed by atoms with E-state index in [4.69, 9.17) is 4.98 Å². The predicted octanol–water partition coefficient (Wildman–Crippen LogP) is 3.89. The Morgan fingerprint density at radius 1 is 1.21 bits per heavy atom. The number of anilines is 1. The van der Waals surface area contributed by atoms with E-state index < -0.39 is 0 Å². The Morgan fingerprint density at radius 2 is 2.00 bits per heavy atom. The molecule has 1 aliphatic rings. The molecule has 0 saturated carbocycles. The number of pyridine rings is 2. The van der Waals surface area contributed by atoms with Crippen LogP contribution in [0.5, 0.6) is 0 Å². The molecule has 0 aliphatic carbocycles. The van der Waals surface area contributed by atoms with Crippen LogP contribution in [0.25, 0.3) is 0 Å². The zero-order valence-electron chi connectivity index (χ0n) is 10.9. The van der Waals surface area contributed by atoms with Gasteiger partial charge in [0, 0.05) is 23.4 Å². The van der Waals surface area contributed by atoms with Gasteiger partial charge in [0.15, 0.2) is 0 Å². The van der Waals surface area contributed by atoms with E-state index in [-0.39, 0.29) is 0 Å². The molecule has 98 valence electrons. The Balaban J connectivity index is 1.93. The number of hydrogen-bond acceptors (Lipinski definition) is 3. The molecule has 2 aromatic heterocycles. The van der Waals surface area contributed by atoms with Crippen molar-refractivity contribution in [1.29, 1.82) is 0 Å². The molecule has 4 heteroatoms. The van der Waals surface area contributed by atoms with Crippen LogP contribution < -0.4 is 4.90 Å². The molecule has 0 aromatic carbocycles. The van der Waals surface area contributed by atoms with Gasteiger partial charge in [0.25, 0.3) is 0 Å². The maximum absolute atomic E-state index is 4.69. The summed E-state index contributed by atoms with van der Waals surface area (Å²) in [7, 11) is 0. The summed E-state index contributed by atoms with van der Waals surface area (Å²) in [6.07, 6.45) is 6.13. The number of aryl methyl sites for hydroxylation is 1. The van der Waals surface area contributed by atoms with Crippen molar-refractivity contribution >= 4 is 21.7 Å². The van der Waals surface area contributed by atoms with E-state index in [1.54, 1.807) is 0 Å². The van der Waals surface area contributed by atoms with Gasteiger partial charge in [0.05, 0.1) is 11.7 Å². The maximum Gasteiger partial charge on any atom is 0.129 e. The lowest BCUT2D eigenvalue weighted by atomic mass is 10.1. The third-order valence-electron chi connectivity index (χ3n) is 3.64. The Labute approximate surface area is 121 Å². The molecule has 0 amide bonds. The van der Waals surface area contributed by atoms with Gasteiger partial charge < -0.3 is 4.90 Å². The molecule has 3 nitrogen and oxygen atoms in total. The molecule has 1 fully saturated rings. The Morgan fingerprint density at radius 3 is 2.74 bits per heavy atom. The molecule has 1 aliphatic heterocycles.